The number of nitrogens with zero attached hydrogens (tertiary/aromatic N) is 3. The highest BCUT2D eigenvalue weighted by atomic mass is 79.9. The van der Waals surface area contributed by atoms with Crippen LogP contribution >= 0.6 is 15.9 Å². The molecule has 0 aliphatic heterocycles. The smallest absolute Gasteiger partial charge is 0.251 e. The van der Waals surface area contributed by atoms with Gasteiger partial charge in [0.25, 0.3) is 5.91 Å². The molecule has 0 saturated carbocycles. The number of amides is 2. The van der Waals surface area contributed by atoms with Gasteiger partial charge < -0.3 is 14.8 Å². The normalized spacial score (nSPS) is 12.4. The largest absolute Gasteiger partial charge is 0.342 e. The van der Waals surface area contributed by atoms with Crippen LogP contribution in [0.3, 0.4) is 0 Å². The first-order chi connectivity index (χ1) is 14.7. The Hall–Kier alpha value is -2.67. The van der Waals surface area contributed by atoms with Gasteiger partial charge in [-0.3, -0.25) is 9.59 Å². The Labute approximate surface area is 191 Å². The second kappa shape index (κ2) is 9.64. The standard InChI is InChI=1S/C24H29BrN4O2/c1-15(2)29(16(3)4)22(30)14-28-21-12-7-6-11-20(21)27-23(28)17(5)26-24(31)18-9-8-10-19(25)13-18/h6-13,15-17H,14H2,1-5H3,(H,26,31). The van der Waals surface area contributed by atoms with Crippen LogP contribution in [0.2, 0.25) is 0 Å². The number of halogens is 1. The van der Waals surface area contributed by atoms with Crippen molar-refractivity contribution in [2.45, 2.75) is 59.3 Å². The van der Waals surface area contributed by atoms with E-state index in [0.717, 1.165) is 15.5 Å². The van der Waals surface area contributed by atoms with Gasteiger partial charge in [0.15, 0.2) is 0 Å². The number of imidazole rings is 1. The maximum absolute atomic E-state index is 13.2. The SMILES string of the molecule is CC(NC(=O)c1cccc(Br)c1)c1nc2ccccc2n1CC(=O)N(C(C)C)C(C)C. The van der Waals surface area contributed by atoms with Crippen LogP contribution in [0.4, 0.5) is 0 Å². The molecule has 0 radical (unpaired) electrons. The quantitative estimate of drug-likeness (QED) is 0.516. The molecule has 0 bridgehead atoms. The zero-order chi connectivity index (χ0) is 22.7. The van der Waals surface area contributed by atoms with E-state index in [4.69, 9.17) is 4.98 Å². The lowest BCUT2D eigenvalue weighted by Crippen LogP contribution is -2.44. The number of aromatic nitrogens is 2. The summed E-state index contributed by atoms with van der Waals surface area (Å²) < 4.78 is 2.76. The van der Waals surface area contributed by atoms with E-state index in [0.29, 0.717) is 11.4 Å². The molecule has 1 unspecified atom stereocenters. The first kappa shape index (κ1) is 23.0. The van der Waals surface area contributed by atoms with Crippen LogP contribution in [0.15, 0.2) is 53.0 Å². The van der Waals surface area contributed by atoms with Crippen molar-refractivity contribution in [2.75, 3.05) is 0 Å². The number of nitrogens with one attached hydrogen (secondary N) is 1. The molecule has 0 aliphatic rings. The van der Waals surface area contributed by atoms with Crippen LogP contribution in [-0.2, 0) is 11.3 Å². The van der Waals surface area contributed by atoms with Gasteiger partial charge in [0.1, 0.15) is 12.4 Å². The predicted octanol–water partition coefficient (Wildman–Crippen LogP) is 4.94. The van der Waals surface area contributed by atoms with Crippen LogP contribution in [0, 0.1) is 0 Å². The molecular formula is C24H29BrN4O2. The van der Waals surface area contributed by atoms with E-state index < -0.39 is 0 Å². The molecule has 0 saturated heterocycles. The molecule has 0 aliphatic carbocycles. The third kappa shape index (κ3) is 5.15. The lowest BCUT2D eigenvalue weighted by atomic mass is 10.2. The average molecular weight is 485 g/mol. The van der Waals surface area contributed by atoms with E-state index in [1.165, 1.54) is 0 Å². The van der Waals surface area contributed by atoms with Crippen molar-refractivity contribution in [1.29, 1.82) is 0 Å². The van der Waals surface area contributed by atoms with Gasteiger partial charge in [-0.1, -0.05) is 34.1 Å². The molecule has 7 heteroatoms. The molecule has 6 nitrogen and oxygen atoms in total. The number of para-hydroxylation sites is 2. The van der Waals surface area contributed by atoms with E-state index in [1.54, 1.807) is 12.1 Å². The highest BCUT2D eigenvalue weighted by molar-refractivity contribution is 9.10. The van der Waals surface area contributed by atoms with Crippen LogP contribution in [0.1, 0.15) is 56.8 Å². The molecule has 164 valence electrons. The van der Waals surface area contributed by atoms with Crippen LogP contribution < -0.4 is 5.32 Å². The van der Waals surface area contributed by atoms with Gasteiger partial charge >= 0.3 is 0 Å². The minimum atomic E-state index is -0.377. The van der Waals surface area contributed by atoms with Crippen molar-refractivity contribution in [3.8, 4) is 0 Å². The first-order valence-electron chi connectivity index (χ1n) is 10.5. The van der Waals surface area contributed by atoms with Gasteiger partial charge in [0.05, 0.1) is 17.1 Å². The summed E-state index contributed by atoms with van der Waals surface area (Å²) in [6, 6.07) is 14.8. The molecule has 3 rings (SSSR count). The minimum absolute atomic E-state index is 0.0277. The molecule has 0 fully saturated rings. The Bertz CT molecular complexity index is 1080. The van der Waals surface area contributed by atoms with Gasteiger partial charge in [-0.15, -0.1) is 0 Å². The molecule has 2 aromatic carbocycles. The van der Waals surface area contributed by atoms with E-state index >= 15 is 0 Å². The Kier molecular flexibility index (Phi) is 7.15. The summed E-state index contributed by atoms with van der Waals surface area (Å²) >= 11 is 3.40. The van der Waals surface area contributed by atoms with Crippen LogP contribution in [-0.4, -0.2) is 38.3 Å². The lowest BCUT2D eigenvalue weighted by molar-refractivity contribution is -0.135. The second-order valence-electron chi connectivity index (χ2n) is 8.24. The van der Waals surface area contributed by atoms with Crippen molar-refractivity contribution in [2.24, 2.45) is 0 Å². The molecule has 1 atom stereocenters. The van der Waals surface area contributed by atoms with Crippen molar-refractivity contribution in [3.05, 3.63) is 64.4 Å². The van der Waals surface area contributed by atoms with Crippen LogP contribution in [0.5, 0.6) is 0 Å². The number of carbonyl (C=O) groups is 2. The maximum atomic E-state index is 13.2. The molecular weight excluding hydrogens is 456 g/mol. The maximum Gasteiger partial charge on any atom is 0.251 e. The zero-order valence-electron chi connectivity index (χ0n) is 18.6. The third-order valence-corrected chi connectivity index (χ3v) is 5.69. The topological polar surface area (TPSA) is 67.2 Å². The monoisotopic (exact) mass is 484 g/mol. The number of fused-ring (bicyclic) bond motifs is 1. The highest BCUT2D eigenvalue weighted by Crippen LogP contribution is 2.22. The van der Waals surface area contributed by atoms with Crippen LogP contribution in [0.25, 0.3) is 11.0 Å². The molecule has 1 aromatic heterocycles. The van der Waals surface area contributed by atoms with Crippen molar-refractivity contribution >= 4 is 38.8 Å². The number of hydrogen-bond acceptors (Lipinski definition) is 3. The fraction of sp³-hybridized carbons (Fsp3) is 0.375. The molecule has 31 heavy (non-hydrogen) atoms. The Balaban J connectivity index is 1.93. The molecule has 1 heterocycles. The summed E-state index contributed by atoms with van der Waals surface area (Å²) in [7, 11) is 0. The summed E-state index contributed by atoms with van der Waals surface area (Å²) in [4.78, 5) is 32.6. The van der Waals surface area contributed by atoms with E-state index in [-0.39, 0.29) is 36.5 Å². The summed E-state index contributed by atoms with van der Waals surface area (Å²) in [5, 5.41) is 3.02. The summed E-state index contributed by atoms with van der Waals surface area (Å²) in [6.07, 6.45) is 0. The third-order valence-electron chi connectivity index (χ3n) is 5.20. The Morgan fingerprint density at radius 3 is 2.35 bits per heavy atom. The van der Waals surface area contributed by atoms with Gasteiger partial charge in [0, 0.05) is 22.1 Å². The van der Waals surface area contributed by atoms with Crippen molar-refractivity contribution in [1.82, 2.24) is 19.8 Å². The molecule has 3 aromatic rings. The summed E-state index contributed by atoms with van der Waals surface area (Å²) in [5.41, 5.74) is 2.24. The molecule has 2 amide bonds. The van der Waals surface area contributed by atoms with E-state index in [1.807, 2.05) is 80.5 Å². The second-order valence-corrected chi connectivity index (χ2v) is 9.15. The number of benzene rings is 2. The van der Waals surface area contributed by atoms with Gasteiger partial charge in [-0.25, -0.2) is 4.98 Å². The number of carbonyl (C=O) groups excluding carboxylic acids is 2. The van der Waals surface area contributed by atoms with E-state index in [2.05, 4.69) is 21.2 Å². The fourth-order valence-corrected chi connectivity index (χ4v) is 4.35. The van der Waals surface area contributed by atoms with Gasteiger partial charge in [-0.05, 0) is 65.0 Å². The summed E-state index contributed by atoms with van der Waals surface area (Å²) in [6.45, 7) is 10.1. The zero-order valence-corrected chi connectivity index (χ0v) is 20.2. The first-order valence-corrected chi connectivity index (χ1v) is 11.3. The Morgan fingerprint density at radius 1 is 1.03 bits per heavy atom. The number of hydrogen-bond donors (Lipinski definition) is 1. The predicted molar refractivity (Wildman–Crippen MR) is 127 cm³/mol. The highest BCUT2D eigenvalue weighted by Gasteiger charge is 2.25. The molecule has 0 spiro atoms. The fourth-order valence-electron chi connectivity index (χ4n) is 3.95. The average Bonchev–Trinajstić information content (AvgIpc) is 3.06. The van der Waals surface area contributed by atoms with Crippen molar-refractivity contribution < 1.29 is 9.59 Å². The van der Waals surface area contributed by atoms with Gasteiger partial charge in [0.2, 0.25) is 5.91 Å². The van der Waals surface area contributed by atoms with Gasteiger partial charge in [-0.2, -0.15) is 0 Å². The minimum Gasteiger partial charge on any atom is -0.342 e. The number of rotatable bonds is 7. The van der Waals surface area contributed by atoms with Crippen molar-refractivity contribution in [3.63, 3.8) is 0 Å². The lowest BCUT2D eigenvalue weighted by Gasteiger charge is -2.31. The molecule has 1 N–H and O–H groups in total. The summed E-state index contributed by atoms with van der Waals surface area (Å²) in [5.74, 6) is 0.495. The Morgan fingerprint density at radius 2 is 1.71 bits per heavy atom. The van der Waals surface area contributed by atoms with E-state index in [9.17, 15) is 9.59 Å².